The van der Waals surface area contributed by atoms with Gasteiger partial charge in [0.05, 0.1) is 26.9 Å². The summed E-state index contributed by atoms with van der Waals surface area (Å²) < 4.78 is 16.5. The van der Waals surface area contributed by atoms with Crippen LogP contribution in [0.2, 0.25) is 0 Å². The molecule has 1 rings (SSSR count). The summed E-state index contributed by atoms with van der Waals surface area (Å²) >= 11 is 0. The van der Waals surface area contributed by atoms with E-state index in [4.69, 9.17) is 14.2 Å². The van der Waals surface area contributed by atoms with Crippen LogP contribution in [0.25, 0.3) is 0 Å². The second kappa shape index (κ2) is 8.82. The van der Waals surface area contributed by atoms with Crippen LogP contribution in [0.3, 0.4) is 0 Å². The van der Waals surface area contributed by atoms with Gasteiger partial charge in [-0.1, -0.05) is 20.8 Å². The molecule has 0 aliphatic heterocycles. The molecule has 0 amide bonds. The second-order valence-corrected chi connectivity index (χ2v) is 5.15. The highest BCUT2D eigenvalue weighted by atomic mass is 16.5. The summed E-state index contributed by atoms with van der Waals surface area (Å²) in [5, 5.41) is 3.44. The lowest BCUT2D eigenvalue weighted by Gasteiger charge is -2.22. The maximum Gasteiger partial charge on any atom is 0.123 e. The largest absolute Gasteiger partial charge is 0.497 e. The maximum absolute atomic E-state index is 5.78. The van der Waals surface area contributed by atoms with Crippen LogP contribution in [-0.2, 0) is 4.74 Å². The molecule has 4 heteroatoms. The van der Waals surface area contributed by atoms with Crippen molar-refractivity contribution in [2.75, 3.05) is 34.0 Å². The van der Waals surface area contributed by atoms with Crippen LogP contribution in [0.15, 0.2) is 18.2 Å². The van der Waals surface area contributed by atoms with Crippen molar-refractivity contribution in [3.8, 4) is 11.5 Å². The molecule has 4 nitrogen and oxygen atoms in total. The Bertz CT molecular complexity index is 393. The number of hydrogen-bond donors (Lipinski definition) is 1. The molecule has 0 radical (unpaired) electrons. The molecule has 0 bridgehead atoms. The standard InChI is InChI=1S/C16H27NO3/c1-6-17-15(11-20-10-12(2)3)14-9-13(18-4)7-8-16(14)19-5/h7-9,12,15,17H,6,10-11H2,1-5H3. The van der Waals surface area contributed by atoms with Crippen LogP contribution >= 0.6 is 0 Å². The van der Waals surface area contributed by atoms with E-state index in [2.05, 4.69) is 26.1 Å². The van der Waals surface area contributed by atoms with Crippen molar-refractivity contribution in [2.45, 2.75) is 26.8 Å². The van der Waals surface area contributed by atoms with Gasteiger partial charge in [-0.3, -0.25) is 0 Å². The molecule has 0 saturated carbocycles. The predicted molar refractivity (Wildman–Crippen MR) is 81.6 cm³/mol. The molecule has 1 atom stereocenters. The van der Waals surface area contributed by atoms with Gasteiger partial charge in [-0.05, 0) is 30.7 Å². The van der Waals surface area contributed by atoms with Crippen molar-refractivity contribution in [2.24, 2.45) is 5.92 Å². The zero-order chi connectivity index (χ0) is 15.0. The Balaban J connectivity index is 2.88. The normalized spacial score (nSPS) is 12.5. The Kier molecular flexibility index (Phi) is 7.41. The number of benzene rings is 1. The number of nitrogens with one attached hydrogen (secondary N) is 1. The molecule has 0 aliphatic rings. The van der Waals surface area contributed by atoms with Gasteiger partial charge in [0.2, 0.25) is 0 Å². The van der Waals surface area contributed by atoms with Crippen LogP contribution in [-0.4, -0.2) is 34.0 Å². The Morgan fingerprint density at radius 3 is 2.40 bits per heavy atom. The summed E-state index contributed by atoms with van der Waals surface area (Å²) in [5.41, 5.74) is 1.07. The molecule has 114 valence electrons. The average molecular weight is 281 g/mol. The molecule has 1 aromatic rings. The molecule has 0 aromatic heterocycles. The summed E-state index contributed by atoms with van der Waals surface area (Å²) in [7, 11) is 3.35. The van der Waals surface area contributed by atoms with Crippen LogP contribution < -0.4 is 14.8 Å². The van der Waals surface area contributed by atoms with Crippen molar-refractivity contribution in [3.63, 3.8) is 0 Å². The number of hydrogen-bond acceptors (Lipinski definition) is 4. The topological polar surface area (TPSA) is 39.7 Å². The fourth-order valence-electron chi connectivity index (χ4n) is 2.04. The highest BCUT2D eigenvalue weighted by Crippen LogP contribution is 2.29. The Morgan fingerprint density at radius 1 is 1.10 bits per heavy atom. The SMILES string of the molecule is CCNC(COCC(C)C)c1cc(OC)ccc1OC. The molecule has 0 heterocycles. The van der Waals surface area contributed by atoms with Gasteiger partial charge in [-0.15, -0.1) is 0 Å². The zero-order valence-corrected chi connectivity index (χ0v) is 13.2. The van der Waals surface area contributed by atoms with Crippen molar-refractivity contribution in [1.82, 2.24) is 5.32 Å². The average Bonchev–Trinajstić information content (AvgIpc) is 2.45. The van der Waals surface area contributed by atoms with E-state index in [9.17, 15) is 0 Å². The van der Waals surface area contributed by atoms with E-state index >= 15 is 0 Å². The maximum atomic E-state index is 5.78. The third-order valence-electron chi connectivity index (χ3n) is 3.00. The van der Waals surface area contributed by atoms with E-state index in [1.807, 2.05) is 18.2 Å². The van der Waals surface area contributed by atoms with Crippen LogP contribution in [0, 0.1) is 5.92 Å². The lowest BCUT2D eigenvalue weighted by molar-refractivity contribution is 0.0898. The number of rotatable bonds is 9. The summed E-state index contributed by atoms with van der Waals surface area (Å²) in [5.74, 6) is 2.21. The molecular formula is C16H27NO3. The Labute approximate surface area is 122 Å². The lowest BCUT2D eigenvalue weighted by atomic mass is 10.1. The quantitative estimate of drug-likeness (QED) is 0.755. The molecule has 20 heavy (non-hydrogen) atoms. The van der Waals surface area contributed by atoms with E-state index in [0.29, 0.717) is 12.5 Å². The van der Waals surface area contributed by atoms with Crippen molar-refractivity contribution in [1.29, 1.82) is 0 Å². The van der Waals surface area contributed by atoms with E-state index in [1.54, 1.807) is 14.2 Å². The number of likely N-dealkylation sites (N-methyl/N-ethyl adjacent to an activating group) is 1. The van der Waals surface area contributed by atoms with Crippen LogP contribution in [0.5, 0.6) is 11.5 Å². The fourth-order valence-corrected chi connectivity index (χ4v) is 2.04. The summed E-state index contributed by atoms with van der Waals surface area (Å²) in [6.07, 6.45) is 0. The minimum atomic E-state index is 0.101. The monoisotopic (exact) mass is 281 g/mol. The molecule has 0 fully saturated rings. The first-order valence-corrected chi connectivity index (χ1v) is 7.15. The van der Waals surface area contributed by atoms with Gasteiger partial charge in [-0.2, -0.15) is 0 Å². The summed E-state index contributed by atoms with van der Waals surface area (Å²) in [6.45, 7) is 8.63. The van der Waals surface area contributed by atoms with Gasteiger partial charge < -0.3 is 19.5 Å². The van der Waals surface area contributed by atoms with Gasteiger partial charge in [0.25, 0.3) is 0 Å². The Hall–Kier alpha value is -1.26. The van der Waals surface area contributed by atoms with E-state index in [1.165, 1.54) is 0 Å². The number of ether oxygens (including phenoxy) is 3. The summed E-state index contributed by atoms with van der Waals surface area (Å²) in [4.78, 5) is 0. The predicted octanol–water partition coefficient (Wildman–Crippen LogP) is 3.03. The van der Waals surface area contributed by atoms with Crippen LogP contribution in [0.1, 0.15) is 32.4 Å². The molecule has 1 N–H and O–H groups in total. The van der Waals surface area contributed by atoms with Gasteiger partial charge in [0.1, 0.15) is 11.5 Å². The zero-order valence-electron chi connectivity index (χ0n) is 13.2. The first-order valence-electron chi connectivity index (χ1n) is 7.15. The van der Waals surface area contributed by atoms with Crippen molar-refractivity contribution < 1.29 is 14.2 Å². The number of methoxy groups -OCH3 is 2. The van der Waals surface area contributed by atoms with E-state index in [0.717, 1.165) is 30.2 Å². The molecule has 0 saturated heterocycles. The first-order chi connectivity index (χ1) is 9.62. The molecular weight excluding hydrogens is 254 g/mol. The Morgan fingerprint density at radius 2 is 1.85 bits per heavy atom. The van der Waals surface area contributed by atoms with Gasteiger partial charge >= 0.3 is 0 Å². The van der Waals surface area contributed by atoms with Gasteiger partial charge in [0, 0.05) is 12.2 Å². The highest BCUT2D eigenvalue weighted by molar-refractivity contribution is 5.42. The van der Waals surface area contributed by atoms with Gasteiger partial charge in [0.15, 0.2) is 0 Å². The second-order valence-electron chi connectivity index (χ2n) is 5.15. The first kappa shape index (κ1) is 16.8. The minimum absolute atomic E-state index is 0.101. The molecule has 0 aliphatic carbocycles. The third-order valence-corrected chi connectivity index (χ3v) is 3.00. The molecule has 0 spiro atoms. The van der Waals surface area contributed by atoms with Crippen molar-refractivity contribution >= 4 is 0 Å². The van der Waals surface area contributed by atoms with E-state index in [-0.39, 0.29) is 6.04 Å². The van der Waals surface area contributed by atoms with Crippen molar-refractivity contribution in [3.05, 3.63) is 23.8 Å². The smallest absolute Gasteiger partial charge is 0.123 e. The third kappa shape index (κ3) is 5.02. The van der Waals surface area contributed by atoms with E-state index < -0.39 is 0 Å². The van der Waals surface area contributed by atoms with Gasteiger partial charge in [-0.25, -0.2) is 0 Å². The minimum Gasteiger partial charge on any atom is -0.497 e. The highest BCUT2D eigenvalue weighted by Gasteiger charge is 2.17. The molecule has 1 aromatic carbocycles. The van der Waals surface area contributed by atoms with Crippen LogP contribution in [0.4, 0.5) is 0 Å². The summed E-state index contributed by atoms with van der Waals surface area (Å²) in [6, 6.07) is 5.94. The fraction of sp³-hybridized carbons (Fsp3) is 0.625. The molecule has 1 unspecified atom stereocenters. The lowest BCUT2D eigenvalue weighted by Crippen LogP contribution is -2.26.